The number of hydrogen-bond acceptors (Lipinski definition) is 7. The van der Waals surface area contributed by atoms with Crippen LogP contribution in [0.1, 0.15) is 0 Å². The van der Waals surface area contributed by atoms with E-state index in [0.29, 0.717) is 18.8 Å². The maximum Gasteiger partial charge on any atom is 0.331 e. The normalized spacial score (nSPS) is 13.3. The van der Waals surface area contributed by atoms with Gasteiger partial charge in [-0.25, -0.2) is 4.79 Å². The number of nitro benzene ring substituents is 1. The molecule has 118 valence electrons. The van der Waals surface area contributed by atoms with Crippen LogP contribution in [0.15, 0.2) is 18.2 Å². The third kappa shape index (κ3) is 3.70. The van der Waals surface area contributed by atoms with E-state index in [1.165, 1.54) is 30.2 Å². The molecule has 0 spiro atoms. The Bertz CT molecular complexity index is 603. The molecule has 0 radical (unpaired) electrons. The number of ether oxygens (including phenoxy) is 2. The number of non-ortho nitro benzene ring substituents is 1. The van der Waals surface area contributed by atoms with Gasteiger partial charge < -0.3 is 19.7 Å². The first kappa shape index (κ1) is 15.7. The van der Waals surface area contributed by atoms with Crippen molar-refractivity contribution in [3.63, 3.8) is 0 Å². The number of carbonyl (C=O) groups excluding carboxylic acids is 2. The number of nitrogens with one attached hydrogen (secondary N) is 1. The van der Waals surface area contributed by atoms with Crippen molar-refractivity contribution in [3.05, 3.63) is 28.3 Å². The first-order valence-electron chi connectivity index (χ1n) is 6.51. The van der Waals surface area contributed by atoms with Crippen LogP contribution in [0.3, 0.4) is 0 Å². The number of methoxy groups -OCH3 is 1. The van der Waals surface area contributed by atoms with Crippen LogP contribution in [0.25, 0.3) is 0 Å². The lowest BCUT2D eigenvalue weighted by Gasteiger charge is -2.28. The maximum atomic E-state index is 11.8. The fourth-order valence-electron chi connectivity index (χ4n) is 2.02. The van der Waals surface area contributed by atoms with Crippen molar-refractivity contribution in [1.82, 2.24) is 5.32 Å². The molecule has 0 saturated carbocycles. The zero-order chi connectivity index (χ0) is 16.1. The topological polar surface area (TPSA) is 111 Å². The summed E-state index contributed by atoms with van der Waals surface area (Å²) >= 11 is 0. The molecule has 0 unspecified atom stereocenters. The molecule has 1 amide bonds. The maximum absolute atomic E-state index is 11.8. The van der Waals surface area contributed by atoms with Crippen molar-refractivity contribution in [2.45, 2.75) is 0 Å². The molecule has 0 aliphatic carbocycles. The molecule has 0 bridgehead atoms. The fraction of sp³-hybridized carbons (Fsp3) is 0.385. The van der Waals surface area contributed by atoms with Gasteiger partial charge in [-0.2, -0.15) is 0 Å². The van der Waals surface area contributed by atoms with Gasteiger partial charge in [0, 0.05) is 19.7 Å². The average Bonchev–Trinajstić information content (AvgIpc) is 2.46. The minimum absolute atomic E-state index is 0.0520. The Morgan fingerprint density at radius 3 is 3.00 bits per heavy atom. The van der Waals surface area contributed by atoms with Crippen molar-refractivity contribution in [2.24, 2.45) is 0 Å². The molecule has 1 aliphatic heterocycles. The standard InChI is InChI=1S/C13H15N3O6/c1-21-5-4-14-12(17)7-15-8-13(18)22-11-6-9(16(19)20)2-3-10(11)15/h2-3,6H,4-5,7-8H2,1H3,(H,14,17). The summed E-state index contributed by atoms with van der Waals surface area (Å²) in [5, 5.41) is 13.4. The molecular weight excluding hydrogens is 294 g/mol. The van der Waals surface area contributed by atoms with Crippen LogP contribution in [-0.4, -0.2) is 50.2 Å². The van der Waals surface area contributed by atoms with E-state index in [0.717, 1.165) is 0 Å². The number of rotatable bonds is 6. The number of hydrogen-bond donors (Lipinski definition) is 1. The highest BCUT2D eigenvalue weighted by Crippen LogP contribution is 2.34. The average molecular weight is 309 g/mol. The minimum atomic E-state index is -0.579. The van der Waals surface area contributed by atoms with E-state index in [1.807, 2.05) is 0 Å². The molecule has 1 aliphatic rings. The number of carbonyl (C=O) groups is 2. The first-order valence-corrected chi connectivity index (χ1v) is 6.51. The second-order valence-electron chi connectivity index (χ2n) is 4.58. The summed E-state index contributed by atoms with van der Waals surface area (Å²) in [5.41, 5.74) is 0.282. The zero-order valence-electron chi connectivity index (χ0n) is 11.9. The van der Waals surface area contributed by atoms with E-state index < -0.39 is 10.9 Å². The minimum Gasteiger partial charge on any atom is -0.423 e. The molecule has 1 aromatic carbocycles. The van der Waals surface area contributed by atoms with Gasteiger partial charge in [-0.15, -0.1) is 0 Å². The summed E-state index contributed by atoms with van der Waals surface area (Å²) < 4.78 is 9.82. The molecule has 0 atom stereocenters. The molecule has 2 rings (SSSR count). The summed E-state index contributed by atoms with van der Waals surface area (Å²) in [4.78, 5) is 35.1. The number of benzene rings is 1. The van der Waals surface area contributed by atoms with E-state index in [1.54, 1.807) is 0 Å². The Morgan fingerprint density at radius 1 is 1.55 bits per heavy atom. The fourth-order valence-corrected chi connectivity index (χ4v) is 2.02. The first-order chi connectivity index (χ1) is 10.5. The number of esters is 1. The summed E-state index contributed by atoms with van der Waals surface area (Å²) in [6.07, 6.45) is 0. The van der Waals surface area contributed by atoms with E-state index >= 15 is 0 Å². The van der Waals surface area contributed by atoms with Crippen molar-refractivity contribution >= 4 is 23.3 Å². The molecule has 1 N–H and O–H groups in total. The van der Waals surface area contributed by atoms with Gasteiger partial charge in [0.25, 0.3) is 5.69 Å². The SMILES string of the molecule is COCCNC(=O)CN1CC(=O)Oc2cc([N+](=O)[O-])ccc21. The van der Waals surface area contributed by atoms with E-state index in [4.69, 9.17) is 9.47 Å². The number of nitrogens with zero attached hydrogens (tertiary/aromatic N) is 2. The van der Waals surface area contributed by atoms with Crippen LogP contribution in [0.5, 0.6) is 5.75 Å². The zero-order valence-corrected chi connectivity index (χ0v) is 11.9. The molecule has 1 heterocycles. The van der Waals surface area contributed by atoms with E-state index in [2.05, 4.69) is 5.32 Å². The van der Waals surface area contributed by atoms with E-state index in [9.17, 15) is 19.7 Å². The molecule has 0 aromatic heterocycles. The Hall–Kier alpha value is -2.68. The van der Waals surface area contributed by atoms with Crippen LogP contribution in [0.2, 0.25) is 0 Å². The van der Waals surface area contributed by atoms with Gasteiger partial charge in [-0.1, -0.05) is 0 Å². The lowest BCUT2D eigenvalue weighted by molar-refractivity contribution is -0.384. The second kappa shape index (κ2) is 6.85. The Labute approximate surface area is 125 Å². The van der Waals surface area contributed by atoms with Crippen molar-refractivity contribution in [2.75, 3.05) is 38.3 Å². The van der Waals surface area contributed by atoms with Crippen LogP contribution in [0, 0.1) is 10.1 Å². The number of fused-ring (bicyclic) bond motifs is 1. The Morgan fingerprint density at radius 2 is 2.32 bits per heavy atom. The number of anilines is 1. The molecule has 9 nitrogen and oxygen atoms in total. The Balaban J connectivity index is 2.12. The summed E-state index contributed by atoms with van der Waals surface area (Å²) in [7, 11) is 1.52. The van der Waals surface area contributed by atoms with Gasteiger partial charge in [-0.3, -0.25) is 14.9 Å². The van der Waals surface area contributed by atoms with Crippen molar-refractivity contribution in [3.8, 4) is 5.75 Å². The summed E-state index contributed by atoms with van der Waals surface area (Å²) in [6, 6.07) is 3.93. The van der Waals surface area contributed by atoms with Gasteiger partial charge in [0.15, 0.2) is 5.75 Å². The lowest BCUT2D eigenvalue weighted by Crippen LogP contribution is -2.44. The monoisotopic (exact) mass is 309 g/mol. The van der Waals surface area contributed by atoms with Crippen LogP contribution in [0.4, 0.5) is 11.4 Å². The highest BCUT2D eigenvalue weighted by Gasteiger charge is 2.27. The van der Waals surface area contributed by atoms with E-state index in [-0.39, 0.29) is 30.4 Å². The van der Waals surface area contributed by atoms with Gasteiger partial charge in [0.1, 0.15) is 6.54 Å². The van der Waals surface area contributed by atoms with Gasteiger partial charge >= 0.3 is 5.97 Å². The van der Waals surface area contributed by atoms with Gasteiger partial charge in [-0.05, 0) is 6.07 Å². The number of amides is 1. The quantitative estimate of drug-likeness (QED) is 0.260. The van der Waals surface area contributed by atoms with Gasteiger partial charge in [0.05, 0.1) is 29.8 Å². The smallest absolute Gasteiger partial charge is 0.331 e. The highest BCUT2D eigenvalue weighted by atomic mass is 16.6. The van der Waals surface area contributed by atoms with Crippen LogP contribution < -0.4 is 15.0 Å². The van der Waals surface area contributed by atoms with Crippen molar-refractivity contribution < 1.29 is 24.0 Å². The van der Waals surface area contributed by atoms with Gasteiger partial charge in [0.2, 0.25) is 5.91 Å². The molecule has 9 heteroatoms. The van der Waals surface area contributed by atoms with Crippen molar-refractivity contribution in [1.29, 1.82) is 0 Å². The Kier molecular flexibility index (Phi) is 4.89. The third-order valence-electron chi connectivity index (χ3n) is 3.00. The largest absolute Gasteiger partial charge is 0.423 e. The predicted molar refractivity (Wildman–Crippen MR) is 75.8 cm³/mol. The third-order valence-corrected chi connectivity index (χ3v) is 3.00. The molecule has 1 aromatic rings. The molecule has 0 saturated heterocycles. The second-order valence-corrected chi connectivity index (χ2v) is 4.58. The highest BCUT2D eigenvalue weighted by molar-refractivity contribution is 5.89. The number of nitro groups is 1. The lowest BCUT2D eigenvalue weighted by atomic mass is 10.2. The van der Waals surface area contributed by atoms with Crippen LogP contribution in [-0.2, 0) is 14.3 Å². The van der Waals surface area contributed by atoms with Crippen LogP contribution >= 0.6 is 0 Å². The molecule has 22 heavy (non-hydrogen) atoms. The molecule has 0 fully saturated rings. The molecular formula is C13H15N3O6. The predicted octanol–water partition coefficient (Wildman–Crippen LogP) is 0.0828. The summed E-state index contributed by atoms with van der Waals surface area (Å²) in [6.45, 7) is 0.601. The summed E-state index contributed by atoms with van der Waals surface area (Å²) in [5.74, 6) is -0.774.